The summed E-state index contributed by atoms with van der Waals surface area (Å²) >= 11 is 0. The lowest BCUT2D eigenvalue weighted by atomic mass is 10.2. The fourth-order valence-electron chi connectivity index (χ4n) is 3.06. The van der Waals surface area contributed by atoms with Gasteiger partial charge in [0, 0.05) is 77.6 Å². The standard InChI is InChI=1S/C16H24N6O2/c23-14-2-7-20(9-6-17-14)8-3-15(24)21-10-12-22(13-11-21)16-18-4-1-5-19-16/h1,4-5H,2-3,6-13H2,(H,17,23). The van der Waals surface area contributed by atoms with Crippen molar-refractivity contribution in [2.24, 2.45) is 0 Å². The summed E-state index contributed by atoms with van der Waals surface area (Å²) in [7, 11) is 0. The second kappa shape index (κ2) is 8.05. The summed E-state index contributed by atoms with van der Waals surface area (Å²) in [5, 5.41) is 2.85. The molecule has 1 aromatic rings. The largest absolute Gasteiger partial charge is 0.355 e. The lowest BCUT2D eigenvalue weighted by molar-refractivity contribution is -0.131. The first-order valence-electron chi connectivity index (χ1n) is 8.51. The van der Waals surface area contributed by atoms with Crippen LogP contribution in [0, 0.1) is 0 Å². The molecule has 2 saturated heterocycles. The van der Waals surface area contributed by atoms with E-state index < -0.39 is 0 Å². The molecule has 0 aromatic carbocycles. The molecule has 24 heavy (non-hydrogen) atoms. The summed E-state index contributed by atoms with van der Waals surface area (Å²) in [5.74, 6) is 1.02. The Morgan fingerprint density at radius 3 is 2.58 bits per heavy atom. The molecule has 8 heteroatoms. The topological polar surface area (TPSA) is 81.7 Å². The van der Waals surface area contributed by atoms with Crippen LogP contribution in [0.3, 0.4) is 0 Å². The third-order valence-electron chi connectivity index (χ3n) is 4.51. The maximum atomic E-state index is 12.4. The molecule has 0 atom stereocenters. The van der Waals surface area contributed by atoms with Crippen LogP contribution in [0.25, 0.3) is 0 Å². The molecule has 1 N–H and O–H groups in total. The number of nitrogens with one attached hydrogen (secondary N) is 1. The minimum atomic E-state index is 0.100. The minimum absolute atomic E-state index is 0.100. The Kier molecular flexibility index (Phi) is 5.58. The quantitative estimate of drug-likeness (QED) is 0.788. The van der Waals surface area contributed by atoms with E-state index in [9.17, 15) is 9.59 Å². The number of carbonyl (C=O) groups excluding carboxylic acids is 2. The molecule has 2 aliphatic heterocycles. The normalized spacial score (nSPS) is 19.8. The van der Waals surface area contributed by atoms with Crippen molar-refractivity contribution in [3.8, 4) is 0 Å². The van der Waals surface area contributed by atoms with E-state index in [1.54, 1.807) is 18.5 Å². The number of nitrogens with zero attached hydrogens (tertiary/aromatic N) is 5. The first-order chi connectivity index (χ1) is 11.7. The van der Waals surface area contributed by atoms with Gasteiger partial charge in [0.2, 0.25) is 17.8 Å². The Morgan fingerprint density at radius 1 is 1.08 bits per heavy atom. The molecule has 2 fully saturated rings. The number of aromatic nitrogens is 2. The van der Waals surface area contributed by atoms with Gasteiger partial charge in [-0.1, -0.05) is 0 Å². The van der Waals surface area contributed by atoms with Crippen molar-refractivity contribution in [2.75, 3.05) is 57.3 Å². The van der Waals surface area contributed by atoms with E-state index in [-0.39, 0.29) is 11.8 Å². The molecule has 0 radical (unpaired) electrons. The van der Waals surface area contributed by atoms with Crippen LogP contribution in [0.2, 0.25) is 0 Å². The van der Waals surface area contributed by atoms with Gasteiger partial charge in [0.15, 0.2) is 0 Å². The minimum Gasteiger partial charge on any atom is -0.355 e. The second-order valence-electron chi connectivity index (χ2n) is 6.11. The van der Waals surface area contributed by atoms with Gasteiger partial charge in [-0.15, -0.1) is 0 Å². The van der Waals surface area contributed by atoms with Crippen LogP contribution in [0.4, 0.5) is 5.95 Å². The molecule has 2 aliphatic rings. The van der Waals surface area contributed by atoms with Crippen molar-refractivity contribution in [3.63, 3.8) is 0 Å². The van der Waals surface area contributed by atoms with E-state index >= 15 is 0 Å². The highest BCUT2D eigenvalue weighted by Crippen LogP contribution is 2.10. The first-order valence-corrected chi connectivity index (χ1v) is 8.51. The number of carbonyl (C=O) groups is 2. The summed E-state index contributed by atoms with van der Waals surface area (Å²) < 4.78 is 0. The maximum Gasteiger partial charge on any atom is 0.225 e. The molecule has 0 spiro atoms. The molecular formula is C16H24N6O2. The molecular weight excluding hydrogens is 308 g/mol. The van der Waals surface area contributed by atoms with Crippen LogP contribution in [0.15, 0.2) is 18.5 Å². The third kappa shape index (κ3) is 4.41. The van der Waals surface area contributed by atoms with Crippen LogP contribution in [0.1, 0.15) is 12.8 Å². The van der Waals surface area contributed by atoms with Crippen LogP contribution < -0.4 is 10.2 Å². The number of piperazine rings is 1. The van der Waals surface area contributed by atoms with E-state index in [0.717, 1.165) is 38.7 Å². The lowest BCUT2D eigenvalue weighted by Gasteiger charge is -2.35. The highest BCUT2D eigenvalue weighted by molar-refractivity contribution is 5.77. The average molecular weight is 332 g/mol. The third-order valence-corrected chi connectivity index (χ3v) is 4.51. The number of anilines is 1. The summed E-state index contributed by atoms with van der Waals surface area (Å²) in [4.78, 5) is 38.5. The smallest absolute Gasteiger partial charge is 0.225 e. The van der Waals surface area contributed by atoms with E-state index in [0.29, 0.717) is 32.5 Å². The Balaban J connectivity index is 1.41. The molecule has 3 rings (SSSR count). The van der Waals surface area contributed by atoms with Crippen molar-refractivity contribution in [1.82, 2.24) is 25.1 Å². The molecule has 0 saturated carbocycles. The van der Waals surface area contributed by atoms with Crippen molar-refractivity contribution < 1.29 is 9.59 Å². The number of amides is 2. The molecule has 0 unspecified atom stereocenters. The molecule has 3 heterocycles. The van der Waals surface area contributed by atoms with Crippen molar-refractivity contribution >= 4 is 17.8 Å². The van der Waals surface area contributed by atoms with Gasteiger partial charge in [0.05, 0.1) is 0 Å². The van der Waals surface area contributed by atoms with Crippen molar-refractivity contribution in [1.29, 1.82) is 0 Å². The predicted octanol–water partition coefficient (Wildman–Crippen LogP) is -0.663. The average Bonchev–Trinajstić information content (AvgIpc) is 2.85. The lowest BCUT2D eigenvalue weighted by Crippen LogP contribution is -2.49. The van der Waals surface area contributed by atoms with E-state index in [1.807, 2.05) is 4.90 Å². The number of hydrogen-bond acceptors (Lipinski definition) is 6. The zero-order chi connectivity index (χ0) is 16.8. The summed E-state index contributed by atoms with van der Waals surface area (Å²) in [6, 6.07) is 1.80. The first kappa shape index (κ1) is 16.6. The summed E-state index contributed by atoms with van der Waals surface area (Å²) in [6.07, 6.45) is 4.50. The van der Waals surface area contributed by atoms with Gasteiger partial charge in [0.1, 0.15) is 0 Å². The van der Waals surface area contributed by atoms with E-state index in [4.69, 9.17) is 0 Å². The van der Waals surface area contributed by atoms with Gasteiger partial charge in [0.25, 0.3) is 0 Å². The number of rotatable bonds is 4. The highest BCUT2D eigenvalue weighted by Gasteiger charge is 2.23. The zero-order valence-electron chi connectivity index (χ0n) is 13.9. The molecule has 8 nitrogen and oxygen atoms in total. The van der Waals surface area contributed by atoms with Crippen LogP contribution >= 0.6 is 0 Å². The second-order valence-corrected chi connectivity index (χ2v) is 6.11. The highest BCUT2D eigenvalue weighted by atomic mass is 16.2. The van der Waals surface area contributed by atoms with Crippen LogP contribution in [0.5, 0.6) is 0 Å². The van der Waals surface area contributed by atoms with E-state index in [1.165, 1.54) is 0 Å². The monoisotopic (exact) mass is 332 g/mol. The Morgan fingerprint density at radius 2 is 1.83 bits per heavy atom. The SMILES string of the molecule is O=C1CCN(CCC(=O)N2CCN(c3ncccn3)CC2)CCN1. The van der Waals surface area contributed by atoms with Gasteiger partial charge in [-0.2, -0.15) is 0 Å². The van der Waals surface area contributed by atoms with Crippen molar-refractivity contribution in [3.05, 3.63) is 18.5 Å². The molecule has 0 aliphatic carbocycles. The molecule has 0 bridgehead atoms. The van der Waals surface area contributed by atoms with Gasteiger partial charge >= 0.3 is 0 Å². The molecule has 130 valence electrons. The fraction of sp³-hybridized carbons (Fsp3) is 0.625. The Labute approximate surface area is 141 Å². The van der Waals surface area contributed by atoms with E-state index in [2.05, 4.69) is 25.1 Å². The predicted molar refractivity (Wildman–Crippen MR) is 89.5 cm³/mol. The van der Waals surface area contributed by atoms with Crippen LogP contribution in [-0.4, -0.2) is 83.9 Å². The molecule has 2 amide bonds. The zero-order valence-corrected chi connectivity index (χ0v) is 13.9. The summed E-state index contributed by atoms with van der Waals surface area (Å²) in [5.41, 5.74) is 0. The van der Waals surface area contributed by atoms with Gasteiger partial charge in [-0.05, 0) is 6.07 Å². The Bertz CT molecular complexity index is 559. The Hall–Kier alpha value is -2.22. The van der Waals surface area contributed by atoms with Gasteiger partial charge in [-0.25, -0.2) is 9.97 Å². The summed E-state index contributed by atoms with van der Waals surface area (Å²) in [6.45, 7) is 5.87. The van der Waals surface area contributed by atoms with Gasteiger partial charge < -0.3 is 20.0 Å². The van der Waals surface area contributed by atoms with Crippen molar-refractivity contribution in [2.45, 2.75) is 12.8 Å². The van der Waals surface area contributed by atoms with Gasteiger partial charge in [-0.3, -0.25) is 9.59 Å². The molecule has 1 aromatic heterocycles. The fourth-order valence-corrected chi connectivity index (χ4v) is 3.06. The van der Waals surface area contributed by atoms with Crippen LogP contribution in [-0.2, 0) is 9.59 Å². The maximum absolute atomic E-state index is 12.4. The number of hydrogen-bond donors (Lipinski definition) is 1.